The Morgan fingerprint density at radius 3 is 2.92 bits per heavy atom. The molecule has 1 saturated heterocycles. The van der Waals surface area contributed by atoms with Crippen LogP contribution in [0.25, 0.3) is 0 Å². The second kappa shape index (κ2) is 8.54. The Labute approximate surface area is 152 Å². The minimum atomic E-state index is -0.186. The third-order valence-corrected chi connectivity index (χ3v) is 5.35. The first-order chi connectivity index (χ1) is 12.1. The molecule has 25 heavy (non-hydrogen) atoms. The van der Waals surface area contributed by atoms with Crippen molar-refractivity contribution in [3.8, 4) is 0 Å². The molecule has 0 N–H and O–H groups in total. The molecule has 134 valence electrons. The molecule has 4 nitrogen and oxygen atoms in total. The van der Waals surface area contributed by atoms with E-state index in [0.717, 1.165) is 45.4 Å². The van der Waals surface area contributed by atoms with Crippen LogP contribution in [-0.4, -0.2) is 53.9 Å². The Hall–Kier alpha value is -1.79. The van der Waals surface area contributed by atoms with E-state index in [4.69, 9.17) is 0 Å². The van der Waals surface area contributed by atoms with Crippen LogP contribution in [0.5, 0.6) is 0 Å². The number of thiazole rings is 1. The van der Waals surface area contributed by atoms with Crippen molar-refractivity contribution >= 4 is 17.2 Å². The molecule has 0 unspecified atom stereocenters. The molecule has 0 aliphatic carbocycles. The van der Waals surface area contributed by atoms with Crippen LogP contribution >= 0.6 is 11.3 Å². The van der Waals surface area contributed by atoms with E-state index in [1.807, 2.05) is 19.2 Å². The van der Waals surface area contributed by atoms with Gasteiger partial charge in [-0.15, -0.1) is 11.3 Å². The molecule has 1 aliphatic heterocycles. The van der Waals surface area contributed by atoms with Gasteiger partial charge in [0, 0.05) is 32.1 Å². The Morgan fingerprint density at radius 1 is 1.40 bits per heavy atom. The summed E-state index contributed by atoms with van der Waals surface area (Å²) in [5.41, 5.74) is 3.40. The van der Waals surface area contributed by atoms with Gasteiger partial charge in [0.25, 0.3) is 5.91 Å². The van der Waals surface area contributed by atoms with E-state index in [0.29, 0.717) is 11.6 Å². The third kappa shape index (κ3) is 5.09. The fourth-order valence-electron chi connectivity index (χ4n) is 3.43. The first-order valence-electron chi connectivity index (χ1n) is 8.72. The number of aromatic nitrogens is 1. The standard InChI is InChI=1S/C19H24FN3OS/c1-22(19(24)18-13-25-14-21-18)11-16-3-2-9-23(12-16)10-8-15-4-6-17(20)7-5-15/h4-7,13-14,16H,2-3,8-12H2,1H3/t16-/m1/s1. The Kier molecular flexibility index (Phi) is 6.15. The first-order valence-corrected chi connectivity index (χ1v) is 9.66. The smallest absolute Gasteiger partial charge is 0.273 e. The summed E-state index contributed by atoms with van der Waals surface area (Å²) in [6.45, 7) is 3.85. The van der Waals surface area contributed by atoms with Crippen LogP contribution in [0.2, 0.25) is 0 Å². The molecule has 1 aromatic carbocycles. The Morgan fingerprint density at radius 2 is 2.20 bits per heavy atom. The number of hydrogen-bond acceptors (Lipinski definition) is 4. The van der Waals surface area contributed by atoms with Crippen molar-refractivity contribution in [2.75, 3.05) is 33.2 Å². The van der Waals surface area contributed by atoms with Crippen LogP contribution in [0.15, 0.2) is 35.2 Å². The molecule has 6 heteroatoms. The minimum Gasteiger partial charge on any atom is -0.340 e. The summed E-state index contributed by atoms with van der Waals surface area (Å²) in [6.07, 6.45) is 3.25. The van der Waals surface area contributed by atoms with Crippen LogP contribution < -0.4 is 0 Å². The van der Waals surface area contributed by atoms with Crippen molar-refractivity contribution in [1.29, 1.82) is 0 Å². The molecule has 3 rings (SSSR count). The predicted octanol–water partition coefficient (Wildman–Crippen LogP) is 3.31. The highest BCUT2D eigenvalue weighted by atomic mass is 32.1. The van der Waals surface area contributed by atoms with Gasteiger partial charge in [0.1, 0.15) is 11.5 Å². The van der Waals surface area contributed by atoms with Gasteiger partial charge in [-0.3, -0.25) is 4.79 Å². The van der Waals surface area contributed by atoms with E-state index in [1.54, 1.807) is 15.8 Å². The maximum atomic E-state index is 13.0. The van der Waals surface area contributed by atoms with Gasteiger partial charge in [-0.25, -0.2) is 9.37 Å². The lowest BCUT2D eigenvalue weighted by Gasteiger charge is -2.34. The highest BCUT2D eigenvalue weighted by molar-refractivity contribution is 7.07. The molecular formula is C19H24FN3OS. The quantitative estimate of drug-likeness (QED) is 0.792. The van der Waals surface area contributed by atoms with Gasteiger partial charge in [0.2, 0.25) is 0 Å². The summed E-state index contributed by atoms with van der Waals surface area (Å²) in [5.74, 6) is 0.314. The normalized spacial score (nSPS) is 18.2. The van der Waals surface area contributed by atoms with E-state index in [-0.39, 0.29) is 11.7 Å². The van der Waals surface area contributed by atoms with E-state index in [1.165, 1.54) is 29.0 Å². The second-order valence-electron chi connectivity index (χ2n) is 6.74. The molecule has 1 atom stereocenters. The molecule has 2 aromatic rings. The van der Waals surface area contributed by atoms with E-state index in [2.05, 4.69) is 9.88 Å². The van der Waals surface area contributed by atoms with E-state index >= 15 is 0 Å². The van der Waals surface area contributed by atoms with Crippen molar-refractivity contribution < 1.29 is 9.18 Å². The number of carbonyl (C=O) groups excluding carboxylic acids is 1. The predicted molar refractivity (Wildman–Crippen MR) is 98.3 cm³/mol. The number of hydrogen-bond donors (Lipinski definition) is 0. The molecule has 1 aromatic heterocycles. The lowest BCUT2D eigenvalue weighted by atomic mass is 9.97. The van der Waals surface area contributed by atoms with Crippen molar-refractivity contribution in [3.63, 3.8) is 0 Å². The molecule has 0 saturated carbocycles. The van der Waals surface area contributed by atoms with Crippen LogP contribution in [0.4, 0.5) is 4.39 Å². The molecular weight excluding hydrogens is 337 g/mol. The van der Waals surface area contributed by atoms with Gasteiger partial charge in [-0.1, -0.05) is 12.1 Å². The largest absolute Gasteiger partial charge is 0.340 e. The number of amides is 1. The molecule has 1 aliphatic rings. The maximum absolute atomic E-state index is 13.0. The summed E-state index contributed by atoms with van der Waals surface area (Å²) < 4.78 is 13.0. The van der Waals surface area contributed by atoms with Crippen LogP contribution in [0, 0.1) is 11.7 Å². The molecule has 1 amide bonds. The van der Waals surface area contributed by atoms with Crippen molar-refractivity contribution in [2.24, 2.45) is 5.92 Å². The Bertz CT molecular complexity index is 674. The van der Waals surface area contributed by atoms with Gasteiger partial charge in [0.05, 0.1) is 5.51 Å². The molecule has 0 spiro atoms. The number of likely N-dealkylation sites (tertiary alicyclic amines) is 1. The number of piperidine rings is 1. The lowest BCUT2D eigenvalue weighted by molar-refractivity contribution is 0.0725. The summed E-state index contributed by atoms with van der Waals surface area (Å²) >= 11 is 1.45. The summed E-state index contributed by atoms with van der Waals surface area (Å²) in [4.78, 5) is 20.7. The summed E-state index contributed by atoms with van der Waals surface area (Å²) in [6, 6.07) is 6.76. The average Bonchev–Trinajstić information content (AvgIpc) is 3.15. The zero-order valence-electron chi connectivity index (χ0n) is 14.5. The number of halogens is 1. The molecule has 0 radical (unpaired) electrons. The van der Waals surface area contributed by atoms with Gasteiger partial charge in [-0.2, -0.15) is 0 Å². The monoisotopic (exact) mass is 361 g/mol. The molecule has 1 fully saturated rings. The summed E-state index contributed by atoms with van der Waals surface area (Å²) in [5, 5.41) is 1.80. The zero-order chi connectivity index (χ0) is 17.6. The number of benzene rings is 1. The SMILES string of the molecule is CN(C[C@H]1CCCN(CCc2ccc(F)cc2)C1)C(=O)c1cscn1. The third-order valence-electron chi connectivity index (χ3n) is 4.76. The van der Waals surface area contributed by atoms with Gasteiger partial charge in [0.15, 0.2) is 0 Å². The van der Waals surface area contributed by atoms with Gasteiger partial charge >= 0.3 is 0 Å². The van der Waals surface area contributed by atoms with Crippen molar-refractivity contribution in [1.82, 2.24) is 14.8 Å². The second-order valence-corrected chi connectivity index (χ2v) is 7.46. The van der Waals surface area contributed by atoms with Gasteiger partial charge < -0.3 is 9.80 Å². The highest BCUT2D eigenvalue weighted by Gasteiger charge is 2.23. The van der Waals surface area contributed by atoms with E-state index in [9.17, 15) is 9.18 Å². The number of nitrogens with zero attached hydrogens (tertiary/aromatic N) is 3. The van der Waals surface area contributed by atoms with Crippen LogP contribution in [-0.2, 0) is 6.42 Å². The Balaban J connectivity index is 1.47. The summed E-state index contributed by atoms with van der Waals surface area (Å²) in [7, 11) is 1.86. The fraction of sp³-hybridized carbons (Fsp3) is 0.474. The highest BCUT2D eigenvalue weighted by Crippen LogP contribution is 2.19. The number of rotatable bonds is 6. The fourth-order valence-corrected chi connectivity index (χ4v) is 3.95. The first kappa shape index (κ1) is 18.0. The topological polar surface area (TPSA) is 36.4 Å². The zero-order valence-corrected chi connectivity index (χ0v) is 15.3. The van der Waals surface area contributed by atoms with Crippen LogP contribution in [0.3, 0.4) is 0 Å². The van der Waals surface area contributed by atoms with Crippen molar-refractivity contribution in [2.45, 2.75) is 19.3 Å². The number of carbonyl (C=O) groups is 1. The average molecular weight is 361 g/mol. The minimum absolute atomic E-state index is 0.00434. The van der Waals surface area contributed by atoms with Gasteiger partial charge in [-0.05, 0) is 49.4 Å². The van der Waals surface area contributed by atoms with E-state index < -0.39 is 0 Å². The molecule has 2 heterocycles. The lowest BCUT2D eigenvalue weighted by Crippen LogP contribution is -2.42. The maximum Gasteiger partial charge on any atom is 0.273 e. The molecule has 0 bridgehead atoms. The van der Waals surface area contributed by atoms with Crippen LogP contribution in [0.1, 0.15) is 28.9 Å². The van der Waals surface area contributed by atoms with Crippen molar-refractivity contribution in [3.05, 3.63) is 52.2 Å².